The number of anilines is 2. The third-order valence-corrected chi connectivity index (χ3v) is 10.7. The van der Waals surface area contributed by atoms with E-state index in [1.165, 1.54) is 10.9 Å². The molecule has 2 aliphatic rings. The predicted molar refractivity (Wildman–Crippen MR) is 162 cm³/mol. The summed E-state index contributed by atoms with van der Waals surface area (Å²) in [5.41, 5.74) is 10.8. The topological polar surface area (TPSA) is 396 Å². The predicted octanol–water partition coefficient (Wildman–Crippen LogP) is -2.62. The van der Waals surface area contributed by atoms with Crippen LogP contribution >= 0.6 is 23.5 Å². The molecule has 11 N–H and O–H groups in total. The first-order chi connectivity index (χ1) is 23.9. The summed E-state index contributed by atoms with van der Waals surface area (Å²) in [7, 11) is -15.1. The number of nitrogen functional groups attached to an aromatic ring is 2. The number of aromatic amines is 1. The van der Waals surface area contributed by atoms with E-state index in [1.54, 1.807) is 0 Å². The normalized spacial score (nSPS) is 29.5. The van der Waals surface area contributed by atoms with Crippen molar-refractivity contribution in [2.24, 2.45) is 0 Å². The van der Waals surface area contributed by atoms with Gasteiger partial charge in [-0.1, -0.05) is 0 Å². The summed E-state index contributed by atoms with van der Waals surface area (Å²) in [6, 6.07) is 0. The van der Waals surface area contributed by atoms with Crippen molar-refractivity contribution in [3.63, 3.8) is 0 Å². The van der Waals surface area contributed by atoms with Crippen molar-refractivity contribution in [1.82, 2.24) is 39.0 Å². The molecule has 6 heterocycles. The lowest BCUT2D eigenvalue weighted by Crippen LogP contribution is -2.38. The van der Waals surface area contributed by atoms with Crippen LogP contribution in [0.1, 0.15) is 12.5 Å². The Morgan fingerprint density at radius 2 is 1.47 bits per heavy atom. The number of hydrogen-bond acceptors (Lipinski definition) is 20. The average molecular weight is 786 g/mol. The highest BCUT2D eigenvalue weighted by atomic mass is 31.3. The number of aliphatic hydroxyl groups is 2. The van der Waals surface area contributed by atoms with Crippen LogP contribution in [-0.2, 0) is 45.8 Å². The number of rotatable bonds is 13. The molecule has 0 amide bonds. The van der Waals surface area contributed by atoms with Crippen molar-refractivity contribution in [2.45, 2.75) is 49.1 Å². The fraction of sp³-hybridized carbons (Fsp3) is 0.524. The molecule has 10 atom stereocenters. The van der Waals surface area contributed by atoms with Gasteiger partial charge in [-0.15, -0.1) is 0 Å². The van der Waals surface area contributed by atoms with E-state index < -0.39 is 91.3 Å². The third-order valence-electron chi connectivity index (χ3n) is 7.55. The lowest BCUT2D eigenvalue weighted by atomic mass is 10.1. The Hall–Kier alpha value is -3.33. The monoisotopic (exact) mass is 786 g/mol. The van der Waals surface area contributed by atoms with Gasteiger partial charge in [-0.3, -0.25) is 32.5 Å². The van der Waals surface area contributed by atoms with Crippen LogP contribution in [0.4, 0.5) is 11.8 Å². The van der Waals surface area contributed by atoms with Crippen molar-refractivity contribution in [3.8, 4) is 0 Å². The van der Waals surface area contributed by atoms with Gasteiger partial charge in [0.1, 0.15) is 48.5 Å². The van der Waals surface area contributed by atoms with E-state index in [-0.39, 0.29) is 34.1 Å². The molecule has 2 aliphatic heterocycles. The molecule has 6 rings (SSSR count). The molecule has 2 fully saturated rings. The van der Waals surface area contributed by atoms with Crippen LogP contribution in [0, 0.1) is 0 Å². The maximum Gasteiger partial charge on any atom is 0.481 e. The molecule has 0 aromatic carbocycles. The fourth-order valence-corrected chi connectivity index (χ4v) is 7.96. The standard InChI is InChI=1S/C21H29N10O17P3/c1-42-14-13(8(3-44-51(40,41)48-49(35,36)37)46-20(14)30-5-26-9-15(22)24-4-25-16(9)30)47-50(38,39)43-2-7-11(32)12(33)19(45-7)31-6-27-10-17(31)28-21(23)29-18(10)34/h4-8,11-14,19-20,32-33H,2-3H2,1H3,(H,38,39)(H,40,41)(H2,22,24,25)(H2,35,36,37)(H3,23,28,29,34). The molecule has 0 spiro atoms. The molecule has 4 aromatic heterocycles. The number of imidazole rings is 2. The number of fused-ring (bicyclic) bond motifs is 2. The first-order valence-electron chi connectivity index (χ1n) is 14.1. The SMILES string of the molecule is COC1C(OP(=O)(O)OCC2OC(n3cnc4c(=O)[nH]c(N)nc43)C(O)C2O)C(COP(=O)(O)OP(=O)(O)O)OC1n1cnc2c(N)ncnc21. The Kier molecular flexibility index (Phi) is 10.2. The quantitative estimate of drug-likeness (QED) is 0.0626. The van der Waals surface area contributed by atoms with Gasteiger partial charge in [0.2, 0.25) is 5.95 Å². The van der Waals surface area contributed by atoms with Crippen LogP contribution in [0.15, 0.2) is 23.8 Å². The minimum atomic E-state index is -5.52. The van der Waals surface area contributed by atoms with Crippen molar-refractivity contribution >= 4 is 57.6 Å². The first kappa shape index (κ1) is 37.4. The Morgan fingerprint density at radius 3 is 2.16 bits per heavy atom. The number of phosphoric acid groups is 3. The van der Waals surface area contributed by atoms with Gasteiger partial charge < -0.3 is 55.5 Å². The minimum Gasteiger partial charge on any atom is -0.387 e. The van der Waals surface area contributed by atoms with Gasteiger partial charge in [0.05, 0.1) is 25.9 Å². The van der Waals surface area contributed by atoms with Crippen molar-refractivity contribution in [3.05, 3.63) is 29.3 Å². The highest BCUT2D eigenvalue weighted by Crippen LogP contribution is 2.58. The van der Waals surface area contributed by atoms with Crippen molar-refractivity contribution in [2.75, 3.05) is 31.8 Å². The van der Waals surface area contributed by atoms with E-state index >= 15 is 0 Å². The molecular weight excluding hydrogens is 757 g/mol. The lowest BCUT2D eigenvalue weighted by molar-refractivity contribution is -0.0581. The summed E-state index contributed by atoms with van der Waals surface area (Å²) >= 11 is 0. The van der Waals surface area contributed by atoms with Crippen LogP contribution in [0.25, 0.3) is 22.3 Å². The number of aliphatic hydroxyl groups excluding tert-OH is 2. The van der Waals surface area contributed by atoms with Gasteiger partial charge in [0.25, 0.3) is 5.56 Å². The van der Waals surface area contributed by atoms with Gasteiger partial charge in [-0.2, -0.15) is 9.29 Å². The van der Waals surface area contributed by atoms with Gasteiger partial charge >= 0.3 is 23.5 Å². The van der Waals surface area contributed by atoms with E-state index in [9.17, 15) is 38.5 Å². The number of H-pyrrole nitrogens is 1. The van der Waals surface area contributed by atoms with E-state index in [2.05, 4.69) is 38.7 Å². The van der Waals surface area contributed by atoms with E-state index in [4.69, 9.17) is 44.5 Å². The summed E-state index contributed by atoms with van der Waals surface area (Å²) in [5.74, 6) is -0.284. The number of phosphoric ester groups is 2. The van der Waals surface area contributed by atoms with Gasteiger partial charge in [0, 0.05) is 7.11 Å². The second-order valence-corrected chi connectivity index (χ2v) is 15.1. The summed E-state index contributed by atoms with van der Waals surface area (Å²) in [5, 5.41) is 21.4. The number of ether oxygens (including phenoxy) is 3. The molecule has 0 radical (unpaired) electrons. The fourth-order valence-electron chi connectivity index (χ4n) is 5.40. The lowest BCUT2D eigenvalue weighted by Gasteiger charge is -2.26. The Labute approximate surface area is 282 Å². The van der Waals surface area contributed by atoms with Crippen LogP contribution in [0.2, 0.25) is 0 Å². The van der Waals surface area contributed by atoms with Crippen molar-refractivity contribution in [1.29, 1.82) is 0 Å². The zero-order valence-electron chi connectivity index (χ0n) is 25.6. The molecule has 2 saturated heterocycles. The third kappa shape index (κ3) is 7.74. The number of aromatic nitrogens is 8. The molecule has 10 unspecified atom stereocenters. The van der Waals surface area contributed by atoms with Gasteiger partial charge in [-0.05, 0) is 0 Å². The molecule has 0 bridgehead atoms. The number of nitrogens with one attached hydrogen (secondary N) is 1. The molecule has 4 aromatic rings. The van der Waals surface area contributed by atoms with Crippen LogP contribution < -0.4 is 17.0 Å². The second-order valence-electron chi connectivity index (χ2n) is 10.8. The zero-order chi connectivity index (χ0) is 37.0. The molecule has 280 valence electrons. The van der Waals surface area contributed by atoms with Gasteiger partial charge in [-0.25, -0.2) is 33.6 Å². The number of nitrogens with two attached hydrogens (primary N) is 2. The smallest absolute Gasteiger partial charge is 0.387 e. The van der Waals surface area contributed by atoms with E-state index in [0.717, 1.165) is 24.3 Å². The number of hydrogen-bond donors (Lipinski definition) is 9. The minimum absolute atomic E-state index is 0.0126. The largest absolute Gasteiger partial charge is 0.481 e. The molecular formula is C21H29N10O17P3. The van der Waals surface area contributed by atoms with Crippen LogP contribution in [0.3, 0.4) is 0 Å². The summed E-state index contributed by atoms with van der Waals surface area (Å²) < 4.78 is 75.0. The van der Waals surface area contributed by atoms with Crippen LogP contribution in [-0.4, -0.2) is 126 Å². The Bertz CT molecular complexity index is 2130. The number of methoxy groups -OCH3 is 1. The molecule has 0 saturated carbocycles. The van der Waals surface area contributed by atoms with E-state index in [1.807, 2.05) is 0 Å². The van der Waals surface area contributed by atoms with Gasteiger partial charge in [0.15, 0.2) is 35.1 Å². The zero-order valence-corrected chi connectivity index (χ0v) is 28.2. The van der Waals surface area contributed by atoms with E-state index in [0.29, 0.717) is 0 Å². The second kappa shape index (κ2) is 13.9. The first-order valence-corrected chi connectivity index (χ1v) is 18.7. The number of nitrogens with zero attached hydrogens (tertiary/aromatic N) is 7. The molecule has 51 heavy (non-hydrogen) atoms. The highest BCUT2D eigenvalue weighted by Gasteiger charge is 2.52. The highest BCUT2D eigenvalue weighted by molar-refractivity contribution is 7.60. The summed E-state index contributed by atoms with van der Waals surface area (Å²) in [6.07, 6.45) is -8.95. The van der Waals surface area contributed by atoms with Crippen LogP contribution in [0.5, 0.6) is 0 Å². The molecule has 30 heteroatoms. The summed E-state index contributed by atoms with van der Waals surface area (Å²) in [4.78, 5) is 72.8. The Morgan fingerprint density at radius 1 is 0.843 bits per heavy atom. The maximum atomic E-state index is 13.3. The Balaban J connectivity index is 1.21. The molecule has 0 aliphatic carbocycles. The summed E-state index contributed by atoms with van der Waals surface area (Å²) in [6.45, 7) is -1.93. The molecule has 27 nitrogen and oxygen atoms in total. The maximum absolute atomic E-state index is 13.3. The average Bonchev–Trinajstić information content (AvgIpc) is 3.79. The van der Waals surface area contributed by atoms with Crippen molar-refractivity contribution < 1.29 is 75.6 Å².